The normalized spacial score (nSPS) is 13.5. The lowest BCUT2D eigenvalue weighted by Gasteiger charge is -2.32. The molecule has 1 N–H and O–H groups in total. The molecule has 3 nitrogen and oxygen atoms in total. The van der Waals surface area contributed by atoms with E-state index in [0.29, 0.717) is 0 Å². The monoisotopic (exact) mass is 624 g/mol. The maximum Gasteiger partial charge on any atom is 0.205 e. The third-order valence-corrected chi connectivity index (χ3v) is 11.8. The molecule has 0 bridgehead atoms. The molecular formula is C43H33N2OP. The minimum Gasteiger partial charge on any atom is -0.297 e. The molecule has 226 valence electrons. The third kappa shape index (κ3) is 5.34. The van der Waals surface area contributed by atoms with E-state index in [1.807, 2.05) is 66.7 Å². The van der Waals surface area contributed by atoms with Crippen LogP contribution in [0.5, 0.6) is 0 Å². The molecule has 0 aliphatic heterocycles. The van der Waals surface area contributed by atoms with Crippen molar-refractivity contribution in [1.82, 2.24) is 5.09 Å². The summed E-state index contributed by atoms with van der Waals surface area (Å²) in [5.74, 6) is 0. The van der Waals surface area contributed by atoms with E-state index in [2.05, 4.69) is 120 Å². The quantitative estimate of drug-likeness (QED) is 0.171. The molecule has 0 spiro atoms. The first kappa shape index (κ1) is 29.1. The number of nitrogens with one attached hydrogen (secondary N) is 1. The van der Waals surface area contributed by atoms with Gasteiger partial charge in [-0.15, -0.1) is 0 Å². The van der Waals surface area contributed by atoms with Gasteiger partial charge in [0.25, 0.3) is 0 Å². The van der Waals surface area contributed by atoms with Gasteiger partial charge in [0.05, 0.1) is 17.8 Å². The molecule has 7 aromatic carbocycles. The van der Waals surface area contributed by atoms with Crippen LogP contribution in [0.4, 0.5) is 0 Å². The maximum absolute atomic E-state index is 15.7. The summed E-state index contributed by atoms with van der Waals surface area (Å²) in [4.78, 5) is 5.72. The van der Waals surface area contributed by atoms with Gasteiger partial charge in [0.2, 0.25) is 7.29 Å². The van der Waals surface area contributed by atoms with Crippen molar-refractivity contribution in [2.75, 3.05) is 0 Å². The van der Waals surface area contributed by atoms with Crippen LogP contribution >= 0.6 is 7.29 Å². The molecule has 1 aliphatic carbocycles. The summed E-state index contributed by atoms with van der Waals surface area (Å²) >= 11 is 0. The molecule has 47 heavy (non-hydrogen) atoms. The highest BCUT2D eigenvalue weighted by Gasteiger charge is 2.37. The Hall–Kier alpha value is -5.34. The van der Waals surface area contributed by atoms with Crippen molar-refractivity contribution in [2.24, 2.45) is 4.99 Å². The van der Waals surface area contributed by atoms with Crippen molar-refractivity contribution in [3.63, 3.8) is 0 Å². The lowest BCUT2D eigenvalue weighted by Crippen LogP contribution is -2.33. The predicted molar refractivity (Wildman–Crippen MR) is 196 cm³/mol. The molecule has 4 heteroatoms. The SMILES string of the molecule is O=P(N[C@H](c1cccc2ccccc12)[C@H](N=C1c2ccccc2-c2ccccc21)c1ccccc1)(c1ccccc1)c1ccccc1. The number of aliphatic imine (C=N–C) groups is 1. The van der Waals surface area contributed by atoms with Gasteiger partial charge in [-0.3, -0.25) is 14.6 Å². The number of hydrogen-bond acceptors (Lipinski definition) is 2. The van der Waals surface area contributed by atoms with Gasteiger partial charge >= 0.3 is 0 Å². The largest absolute Gasteiger partial charge is 0.297 e. The van der Waals surface area contributed by atoms with Gasteiger partial charge in [-0.25, -0.2) is 0 Å². The van der Waals surface area contributed by atoms with Gasteiger partial charge in [0.15, 0.2) is 0 Å². The second kappa shape index (κ2) is 12.5. The molecule has 0 amide bonds. The van der Waals surface area contributed by atoms with Crippen molar-refractivity contribution in [1.29, 1.82) is 0 Å². The molecule has 2 atom stereocenters. The average molecular weight is 625 g/mol. The van der Waals surface area contributed by atoms with Crippen LogP contribution in [0.15, 0.2) is 187 Å². The molecule has 0 saturated heterocycles. The number of hydrogen-bond donors (Lipinski definition) is 1. The first-order valence-corrected chi connectivity index (χ1v) is 17.7. The van der Waals surface area contributed by atoms with Crippen molar-refractivity contribution in [3.05, 3.63) is 204 Å². The predicted octanol–water partition coefficient (Wildman–Crippen LogP) is 9.66. The Morgan fingerprint density at radius 2 is 0.936 bits per heavy atom. The number of rotatable bonds is 8. The molecule has 0 aromatic heterocycles. The van der Waals surface area contributed by atoms with E-state index in [1.54, 1.807) is 0 Å². The molecule has 1 aliphatic rings. The standard InChI is InChI=1S/C43H33N2OP/c46-47(33-21-6-2-7-22-33,34-23-8-3-9-24-34)45-43(38-30-16-20-31-17-10-11-25-35(31)38)41(32-18-4-1-5-19-32)44-42-39-28-14-12-26-36(39)37-27-13-15-29-40(37)42/h1-30,41,43H,(H,45,46)/t41-,43-/m1/s1. The minimum atomic E-state index is -3.39. The van der Waals surface area contributed by atoms with Crippen molar-refractivity contribution in [2.45, 2.75) is 12.1 Å². The summed E-state index contributed by atoms with van der Waals surface area (Å²) in [6.07, 6.45) is 0. The Morgan fingerprint density at radius 1 is 0.468 bits per heavy atom. The van der Waals surface area contributed by atoms with Gasteiger partial charge in [0.1, 0.15) is 0 Å². The van der Waals surface area contributed by atoms with Crippen LogP contribution in [0, 0.1) is 0 Å². The summed E-state index contributed by atoms with van der Waals surface area (Å²) < 4.78 is 15.7. The summed E-state index contributed by atoms with van der Waals surface area (Å²) in [5.41, 5.74) is 7.63. The van der Waals surface area contributed by atoms with Gasteiger partial charge < -0.3 is 0 Å². The molecule has 0 unspecified atom stereocenters. The summed E-state index contributed by atoms with van der Waals surface area (Å²) in [7, 11) is -3.39. The van der Waals surface area contributed by atoms with Gasteiger partial charge in [-0.1, -0.05) is 158 Å². The number of fused-ring (bicyclic) bond motifs is 4. The maximum atomic E-state index is 15.7. The first-order chi connectivity index (χ1) is 23.2. The van der Waals surface area contributed by atoms with Crippen LogP contribution < -0.4 is 15.7 Å². The van der Waals surface area contributed by atoms with E-state index in [1.165, 1.54) is 11.1 Å². The van der Waals surface area contributed by atoms with E-state index >= 15 is 4.57 Å². The van der Waals surface area contributed by atoms with Crippen LogP contribution in [0.1, 0.15) is 34.3 Å². The van der Waals surface area contributed by atoms with E-state index < -0.39 is 19.4 Å². The highest BCUT2D eigenvalue weighted by Crippen LogP contribution is 2.48. The Bertz CT molecular complexity index is 2170. The van der Waals surface area contributed by atoms with E-state index in [-0.39, 0.29) is 0 Å². The van der Waals surface area contributed by atoms with Crippen molar-refractivity contribution < 1.29 is 4.57 Å². The van der Waals surface area contributed by atoms with Crippen LogP contribution in [0.2, 0.25) is 0 Å². The molecule has 0 fully saturated rings. The minimum absolute atomic E-state index is 0.419. The van der Waals surface area contributed by atoms with Gasteiger partial charge in [-0.2, -0.15) is 0 Å². The lowest BCUT2D eigenvalue weighted by atomic mass is 9.90. The third-order valence-electron chi connectivity index (χ3n) is 9.10. The highest BCUT2D eigenvalue weighted by atomic mass is 31.2. The van der Waals surface area contributed by atoms with Crippen LogP contribution in [-0.2, 0) is 4.57 Å². The Morgan fingerprint density at radius 3 is 1.53 bits per heavy atom. The Balaban J connectivity index is 1.41. The smallest absolute Gasteiger partial charge is 0.205 e. The fourth-order valence-electron chi connectivity index (χ4n) is 6.87. The second-order valence-electron chi connectivity index (χ2n) is 11.9. The average Bonchev–Trinajstić information content (AvgIpc) is 3.47. The number of benzene rings is 7. The fraction of sp³-hybridized carbons (Fsp3) is 0.0465. The van der Waals surface area contributed by atoms with Gasteiger partial charge in [-0.05, 0) is 57.3 Å². The molecule has 0 heterocycles. The molecule has 0 saturated carbocycles. The van der Waals surface area contributed by atoms with E-state index in [4.69, 9.17) is 4.99 Å². The summed E-state index contributed by atoms with van der Waals surface area (Å²) in [6, 6.07) is 61.0. The van der Waals surface area contributed by atoms with Crippen molar-refractivity contribution in [3.8, 4) is 11.1 Å². The lowest BCUT2D eigenvalue weighted by molar-refractivity contribution is 0.515. The second-order valence-corrected chi connectivity index (χ2v) is 14.4. The first-order valence-electron chi connectivity index (χ1n) is 16.0. The topological polar surface area (TPSA) is 41.5 Å². The van der Waals surface area contributed by atoms with Crippen LogP contribution in [-0.4, -0.2) is 5.71 Å². The zero-order chi connectivity index (χ0) is 31.6. The Labute approximate surface area is 275 Å². The van der Waals surface area contributed by atoms with Crippen LogP contribution in [0.25, 0.3) is 21.9 Å². The zero-order valence-electron chi connectivity index (χ0n) is 25.8. The Kier molecular flexibility index (Phi) is 7.71. The molecule has 0 radical (unpaired) electrons. The fourth-order valence-corrected chi connectivity index (χ4v) is 9.32. The van der Waals surface area contributed by atoms with Gasteiger partial charge in [0, 0.05) is 21.7 Å². The molecule has 7 aromatic rings. The summed E-state index contributed by atoms with van der Waals surface area (Å²) in [5, 5.41) is 7.59. The zero-order valence-corrected chi connectivity index (χ0v) is 26.7. The van der Waals surface area contributed by atoms with Crippen molar-refractivity contribution >= 4 is 34.4 Å². The van der Waals surface area contributed by atoms with E-state index in [9.17, 15) is 0 Å². The molecular weight excluding hydrogens is 591 g/mol. The summed E-state index contributed by atoms with van der Waals surface area (Å²) in [6.45, 7) is 0. The molecule has 8 rings (SSSR count). The van der Waals surface area contributed by atoms with E-state index in [0.717, 1.165) is 49.3 Å². The number of nitrogens with zero attached hydrogens (tertiary/aromatic N) is 1. The van der Waals surface area contributed by atoms with Crippen LogP contribution in [0.3, 0.4) is 0 Å². The highest BCUT2D eigenvalue weighted by molar-refractivity contribution is 7.76.